The van der Waals surface area contributed by atoms with Crippen LogP contribution >= 0.6 is 23.2 Å². The maximum Gasteiger partial charge on any atom is 0.154 e. The zero-order valence-electron chi connectivity index (χ0n) is 10.4. The van der Waals surface area contributed by atoms with Gasteiger partial charge < -0.3 is 10.1 Å². The molecule has 1 aromatic rings. The van der Waals surface area contributed by atoms with E-state index >= 15 is 0 Å². The highest BCUT2D eigenvalue weighted by Gasteiger charge is 2.30. The van der Waals surface area contributed by atoms with Crippen molar-refractivity contribution in [1.82, 2.24) is 5.32 Å². The second-order valence-corrected chi connectivity index (χ2v) is 7.62. The number of halogens is 2. The zero-order chi connectivity index (χ0) is 14.0. The minimum absolute atomic E-state index is 0.0466. The van der Waals surface area contributed by atoms with Gasteiger partial charge in [-0.25, -0.2) is 8.42 Å². The van der Waals surface area contributed by atoms with Crippen molar-refractivity contribution in [2.45, 2.75) is 19.1 Å². The van der Waals surface area contributed by atoms with E-state index in [-0.39, 0.29) is 17.6 Å². The number of hydrogen-bond acceptors (Lipinski definition) is 4. The smallest absolute Gasteiger partial charge is 0.154 e. The Bertz CT molecular complexity index is 575. The van der Waals surface area contributed by atoms with Crippen LogP contribution in [0.4, 0.5) is 0 Å². The van der Waals surface area contributed by atoms with Gasteiger partial charge >= 0.3 is 0 Å². The molecule has 0 aromatic heterocycles. The Morgan fingerprint density at radius 1 is 1.42 bits per heavy atom. The summed E-state index contributed by atoms with van der Waals surface area (Å²) in [5, 5.41) is 3.94. The van der Waals surface area contributed by atoms with Crippen LogP contribution in [-0.4, -0.2) is 33.1 Å². The molecule has 1 unspecified atom stereocenters. The molecule has 1 atom stereocenters. The maximum atomic E-state index is 11.4. The molecule has 19 heavy (non-hydrogen) atoms. The summed E-state index contributed by atoms with van der Waals surface area (Å²) >= 11 is 12.1. The molecule has 0 bridgehead atoms. The van der Waals surface area contributed by atoms with Crippen LogP contribution < -0.4 is 10.1 Å². The van der Waals surface area contributed by atoms with Crippen LogP contribution in [-0.2, 0) is 16.4 Å². The van der Waals surface area contributed by atoms with Crippen molar-refractivity contribution < 1.29 is 13.2 Å². The standard InChI is InChI=1S/C12H15Cl2NO3S/c1-15-6-8-4-9(13)5-11(14)12(8)18-10-2-3-19(16,17)7-10/h4-5,10,15H,2-3,6-7H2,1H3. The van der Waals surface area contributed by atoms with Gasteiger partial charge in [0.2, 0.25) is 0 Å². The van der Waals surface area contributed by atoms with Gasteiger partial charge in [-0.05, 0) is 25.6 Å². The van der Waals surface area contributed by atoms with Gasteiger partial charge in [-0.1, -0.05) is 23.2 Å². The fraction of sp³-hybridized carbons (Fsp3) is 0.500. The van der Waals surface area contributed by atoms with Crippen LogP contribution in [0.1, 0.15) is 12.0 Å². The SMILES string of the molecule is CNCc1cc(Cl)cc(Cl)c1OC1CCS(=O)(=O)C1. The summed E-state index contributed by atoms with van der Waals surface area (Å²) in [5.74, 6) is 0.734. The van der Waals surface area contributed by atoms with Crippen LogP contribution in [0.3, 0.4) is 0 Å². The van der Waals surface area contributed by atoms with E-state index in [2.05, 4.69) is 5.32 Å². The van der Waals surface area contributed by atoms with Crippen LogP contribution in [0, 0.1) is 0 Å². The third-order valence-corrected chi connectivity index (χ3v) is 5.16. The second-order valence-electron chi connectivity index (χ2n) is 4.55. The molecule has 1 aliphatic rings. The molecule has 0 saturated carbocycles. The van der Waals surface area contributed by atoms with E-state index < -0.39 is 9.84 Å². The van der Waals surface area contributed by atoms with Gasteiger partial charge in [-0.3, -0.25) is 0 Å². The number of sulfone groups is 1. The third kappa shape index (κ3) is 3.75. The van der Waals surface area contributed by atoms with E-state index in [0.717, 1.165) is 5.56 Å². The molecule has 1 aromatic carbocycles. The Balaban J connectivity index is 2.24. The van der Waals surface area contributed by atoms with E-state index in [1.807, 2.05) is 0 Å². The molecule has 0 aliphatic carbocycles. The molecular formula is C12H15Cl2NO3S. The molecule has 2 rings (SSSR count). The number of benzene rings is 1. The van der Waals surface area contributed by atoms with Gasteiger partial charge in [0.15, 0.2) is 9.84 Å². The first-order chi connectivity index (χ1) is 8.91. The Labute approximate surface area is 123 Å². The molecule has 1 heterocycles. The summed E-state index contributed by atoms with van der Waals surface area (Å²) in [4.78, 5) is 0. The lowest BCUT2D eigenvalue weighted by atomic mass is 10.2. The first-order valence-electron chi connectivity index (χ1n) is 5.91. The minimum Gasteiger partial charge on any atom is -0.487 e. The molecule has 0 spiro atoms. The van der Waals surface area contributed by atoms with Crippen LogP contribution in [0.15, 0.2) is 12.1 Å². The van der Waals surface area contributed by atoms with Gasteiger partial charge in [0.1, 0.15) is 11.9 Å². The summed E-state index contributed by atoms with van der Waals surface area (Å²) in [6.45, 7) is 0.551. The van der Waals surface area contributed by atoms with Crippen molar-refractivity contribution in [2.75, 3.05) is 18.6 Å². The summed E-state index contributed by atoms with van der Waals surface area (Å²) in [6.07, 6.45) is 0.166. The predicted molar refractivity (Wildman–Crippen MR) is 76.9 cm³/mol. The summed E-state index contributed by atoms with van der Waals surface area (Å²) in [5.41, 5.74) is 0.823. The molecule has 1 saturated heterocycles. The fourth-order valence-electron chi connectivity index (χ4n) is 2.09. The van der Waals surface area contributed by atoms with Gasteiger partial charge in [0.05, 0.1) is 16.5 Å². The van der Waals surface area contributed by atoms with Crippen molar-refractivity contribution in [2.24, 2.45) is 0 Å². The predicted octanol–water partition coefficient (Wildman–Crippen LogP) is 2.28. The van der Waals surface area contributed by atoms with E-state index in [0.29, 0.717) is 28.8 Å². The monoisotopic (exact) mass is 323 g/mol. The van der Waals surface area contributed by atoms with Crippen LogP contribution in [0.25, 0.3) is 0 Å². The highest BCUT2D eigenvalue weighted by Crippen LogP contribution is 2.34. The maximum absolute atomic E-state index is 11.4. The average Bonchev–Trinajstić information content (AvgIpc) is 2.63. The number of ether oxygens (including phenoxy) is 1. The summed E-state index contributed by atoms with van der Waals surface area (Å²) in [6, 6.07) is 3.36. The lowest BCUT2D eigenvalue weighted by Gasteiger charge is -2.17. The average molecular weight is 324 g/mol. The van der Waals surface area contributed by atoms with E-state index in [9.17, 15) is 8.42 Å². The van der Waals surface area contributed by atoms with E-state index in [1.165, 1.54) is 0 Å². The number of hydrogen-bond donors (Lipinski definition) is 1. The molecule has 4 nitrogen and oxygen atoms in total. The van der Waals surface area contributed by atoms with E-state index in [4.69, 9.17) is 27.9 Å². The van der Waals surface area contributed by atoms with Crippen molar-refractivity contribution in [1.29, 1.82) is 0 Å². The number of rotatable bonds is 4. The van der Waals surface area contributed by atoms with Crippen molar-refractivity contribution >= 4 is 33.0 Å². The van der Waals surface area contributed by atoms with Gasteiger partial charge in [0.25, 0.3) is 0 Å². The van der Waals surface area contributed by atoms with Crippen molar-refractivity contribution in [3.05, 3.63) is 27.7 Å². The molecule has 0 radical (unpaired) electrons. The first-order valence-corrected chi connectivity index (χ1v) is 8.48. The molecule has 7 heteroatoms. The lowest BCUT2D eigenvalue weighted by Crippen LogP contribution is -2.19. The zero-order valence-corrected chi connectivity index (χ0v) is 12.8. The Morgan fingerprint density at radius 2 is 2.16 bits per heavy atom. The molecule has 1 fully saturated rings. The van der Waals surface area contributed by atoms with Gasteiger partial charge in [0, 0.05) is 17.1 Å². The van der Waals surface area contributed by atoms with Crippen LogP contribution in [0.5, 0.6) is 5.75 Å². The second kappa shape index (κ2) is 5.87. The third-order valence-electron chi connectivity index (χ3n) is 2.93. The normalized spacial score (nSPS) is 21.5. The van der Waals surface area contributed by atoms with E-state index in [1.54, 1.807) is 19.2 Å². The minimum atomic E-state index is -2.97. The molecular weight excluding hydrogens is 309 g/mol. The molecule has 1 N–H and O–H groups in total. The number of nitrogens with one attached hydrogen (secondary N) is 1. The Morgan fingerprint density at radius 3 is 2.74 bits per heavy atom. The summed E-state index contributed by atoms with van der Waals surface area (Å²) < 4.78 is 28.6. The molecule has 0 amide bonds. The van der Waals surface area contributed by atoms with Gasteiger partial charge in [-0.15, -0.1) is 0 Å². The van der Waals surface area contributed by atoms with Gasteiger partial charge in [-0.2, -0.15) is 0 Å². The first kappa shape index (κ1) is 14.9. The quantitative estimate of drug-likeness (QED) is 0.923. The Hall–Kier alpha value is -0.490. The van der Waals surface area contributed by atoms with Crippen LogP contribution in [0.2, 0.25) is 10.0 Å². The van der Waals surface area contributed by atoms with Crippen molar-refractivity contribution in [3.63, 3.8) is 0 Å². The molecule has 1 aliphatic heterocycles. The molecule has 106 valence electrons. The largest absolute Gasteiger partial charge is 0.487 e. The highest BCUT2D eigenvalue weighted by atomic mass is 35.5. The Kier molecular flexibility index (Phi) is 4.61. The van der Waals surface area contributed by atoms with Crippen molar-refractivity contribution in [3.8, 4) is 5.75 Å². The fourth-order valence-corrected chi connectivity index (χ4v) is 4.26. The topological polar surface area (TPSA) is 55.4 Å². The lowest BCUT2D eigenvalue weighted by molar-refractivity contribution is 0.226. The summed E-state index contributed by atoms with van der Waals surface area (Å²) in [7, 11) is -1.17. The highest BCUT2D eigenvalue weighted by molar-refractivity contribution is 7.91.